The van der Waals surface area contributed by atoms with Crippen LogP contribution in [-0.4, -0.2) is 15.7 Å². The Balaban J connectivity index is 1.83. The van der Waals surface area contributed by atoms with Gasteiger partial charge in [-0.25, -0.2) is 4.39 Å². The number of halogens is 2. The molecule has 0 aliphatic rings. The molecule has 1 aromatic heterocycles. The molecule has 4 nitrogen and oxygen atoms in total. The molecule has 1 amide bonds. The summed E-state index contributed by atoms with van der Waals surface area (Å²) in [6.45, 7) is 3.99. The highest BCUT2D eigenvalue weighted by molar-refractivity contribution is 9.10. The zero-order chi connectivity index (χ0) is 18.0. The summed E-state index contributed by atoms with van der Waals surface area (Å²) >= 11 is 3.35. The van der Waals surface area contributed by atoms with Crippen molar-refractivity contribution in [1.82, 2.24) is 9.78 Å². The Kier molecular flexibility index (Phi) is 4.99. The van der Waals surface area contributed by atoms with Crippen molar-refractivity contribution in [3.8, 4) is 0 Å². The lowest BCUT2D eigenvalue weighted by Crippen LogP contribution is -2.13. The topological polar surface area (TPSA) is 46.9 Å². The number of hydrogen-bond donors (Lipinski definition) is 1. The van der Waals surface area contributed by atoms with Gasteiger partial charge in [0.05, 0.1) is 23.6 Å². The quantitative estimate of drug-likeness (QED) is 0.688. The molecule has 0 aliphatic carbocycles. The molecular formula is C19H17BrFN3O. The van der Waals surface area contributed by atoms with Crippen LogP contribution in [0.4, 0.5) is 10.1 Å². The van der Waals surface area contributed by atoms with Crippen LogP contribution in [0.3, 0.4) is 0 Å². The summed E-state index contributed by atoms with van der Waals surface area (Å²) in [5.41, 5.74) is 3.25. The summed E-state index contributed by atoms with van der Waals surface area (Å²) in [7, 11) is 0. The molecule has 0 saturated heterocycles. The zero-order valence-corrected chi connectivity index (χ0v) is 15.5. The van der Waals surface area contributed by atoms with Gasteiger partial charge in [-0.2, -0.15) is 5.10 Å². The van der Waals surface area contributed by atoms with Crippen LogP contribution in [0.2, 0.25) is 0 Å². The second-order valence-corrected chi connectivity index (χ2v) is 6.67. The van der Waals surface area contributed by atoms with Gasteiger partial charge in [0, 0.05) is 15.6 Å². The van der Waals surface area contributed by atoms with Gasteiger partial charge in [-0.05, 0) is 44.2 Å². The van der Waals surface area contributed by atoms with Crippen LogP contribution in [0, 0.1) is 19.7 Å². The van der Waals surface area contributed by atoms with E-state index in [1.807, 2.05) is 26.0 Å². The zero-order valence-electron chi connectivity index (χ0n) is 13.9. The molecule has 0 bridgehead atoms. The third-order valence-corrected chi connectivity index (χ3v) is 4.53. The van der Waals surface area contributed by atoms with Crippen molar-refractivity contribution >= 4 is 27.5 Å². The first-order chi connectivity index (χ1) is 12.0. The lowest BCUT2D eigenvalue weighted by molar-refractivity contribution is 0.102. The number of carbonyl (C=O) groups is 1. The number of nitrogens with one attached hydrogen (secondary N) is 1. The summed E-state index contributed by atoms with van der Waals surface area (Å²) in [5, 5.41) is 7.34. The fourth-order valence-electron chi connectivity index (χ4n) is 2.61. The molecule has 0 atom stereocenters. The molecule has 0 fully saturated rings. The van der Waals surface area contributed by atoms with E-state index >= 15 is 0 Å². The van der Waals surface area contributed by atoms with E-state index < -0.39 is 0 Å². The van der Waals surface area contributed by atoms with Crippen LogP contribution in [0.15, 0.2) is 53.0 Å². The highest BCUT2D eigenvalue weighted by atomic mass is 79.9. The molecular weight excluding hydrogens is 385 g/mol. The fraction of sp³-hybridized carbons (Fsp3) is 0.158. The van der Waals surface area contributed by atoms with Gasteiger partial charge in [-0.15, -0.1) is 0 Å². The van der Waals surface area contributed by atoms with Gasteiger partial charge in [0.25, 0.3) is 5.91 Å². The Morgan fingerprint density at radius 1 is 1.16 bits per heavy atom. The maximum atomic E-state index is 13.9. The molecule has 1 heterocycles. The fourth-order valence-corrected chi connectivity index (χ4v) is 2.87. The van der Waals surface area contributed by atoms with E-state index in [1.54, 1.807) is 35.0 Å². The van der Waals surface area contributed by atoms with Crippen LogP contribution in [0.1, 0.15) is 27.3 Å². The van der Waals surface area contributed by atoms with Crippen molar-refractivity contribution in [2.24, 2.45) is 0 Å². The van der Waals surface area contributed by atoms with Crippen molar-refractivity contribution in [3.63, 3.8) is 0 Å². The minimum absolute atomic E-state index is 0.204. The Labute approximate surface area is 153 Å². The number of rotatable bonds is 4. The first-order valence-electron chi connectivity index (χ1n) is 7.80. The SMILES string of the molecule is Cc1nn(Cc2ccccc2F)c(C)c1NC(=O)c1ccc(Br)cc1. The number of hydrogen-bond acceptors (Lipinski definition) is 2. The molecule has 6 heteroatoms. The Morgan fingerprint density at radius 3 is 2.52 bits per heavy atom. The Morgan fingerprint density at radius 2 is 1.84 bits per heavy atom. The maximum absolute atomic E-state index is 13.9. The van der Waals surface area contributed by atoms with Gasteiger partial charge in [0.15, 0.2) is 0 Å². The summed E-state index contributed by atoms with van der Waals surface area (Å²) in [5.74, 6) is -0.473. The van der Waals surface area contributed by atoms with E-state index in [0.29, 0.717) is 29.1 Å². The largest absolute Gasteiger partial charge is 0.319 e. The van der Waals surface area contributed by atoms with Crippen molar-refractivity contribution in [2.45, 2.75) is 20.4 Å². The number of aryl methyl sites for hydroxylation is 1. The van der Waals surface area contributed by atoms with E-state index in [4.69, 9.17) is 0 Å². The maximum Gasteiger partial charge on any atom is 0.255 e. The lowest BCUT2D eigenvalue weighted by Gasteiger charge is -2.08. The molecule has 0 radical (unpaired) electrons. The van der Waals surface area contributed by atoms with Crippen LogP contribution in [0.25, 0.3) is 0 Å². The van der Waals surface area contributed by atoms with E-state index in [0.717, 1.165) is 10.2 Å². The van der Waals surface area contributed by atoms with Crippen molar-refractivity contribution in [1.29, 1.82) is 0 Å². The monoisotopic (exact) mass is 401 g/mol. The van der Waals surface area contributed by atoms with Gasteiger partial charge >= 0.3 is 0 Å². The van der Waals surface area contributed by atoms with Gasteiger partial charge in [0.2, 0.25) is 0 Å². The van der Waals surface area contributed by atoms with Crippen LogP contribution in [-0.2, 0) is 6.54 Å². The minimum Gasteiger partial charge on any atom is -0.319 e. The minimum atomic E-state index is -0.268. The predicted molar refractivity (Wildman–Crippen MR) is 99.3 cm³/mol. The van der Waals surface area contributed by atoms with Crippen molar-refractivity contribution in [3.05, 3.63) is 81.3 Å². The highest BCUT2D eigenvalue weighted by Crippen LogP contribution is 2.22. The highest BCUT2D eigenvalue weighted by Gasteiger charge is 2.16. The number of carbonyl (C=O) groups excluding carboxylic acids is 1. The molecule has 3 rings (SSSR count). The van der Waals surface area contributed by atoms with Gasteiger partial charge < -0.3 is 5.32 Å². The second kappa shape index (κ2) is 7.19. The third kappa shape index (κ3) is 3.79. The van der Waals surface area contributed by atoms with Crippen molar-refractivity contribution < 1.29 is 9.18 Å². The lowest BCUT2D eigenvalue weighted by atomic mass is 10.2. The summed E-state index contributed by atoms with van der Waals surface area (Å²) < 4.78 is 16.5. The molecule has 0 unspecified atom stereocenters. The molecule has 0 saturated carbocycles. The number of benzene rings is 2. The average molecular weight is 402 g/mol. The summed E-state index contributed by atoms with van der Waals surface area (Å²) in [6.07, 6.45) is 0. The third-order valence-electron chi connectivity index (χ3n) is 4.00. The van der Waals surface area contributed by atoms with Gasteiger partial charge in [-0.1, -0.05) is 34.1 Å². The van der Waals surface area contributed by atoms with E-state index in [-0.39, 0.29) is 11.7 Å². The summed E-state index contributed by atoms with van der Waals surface area (Å²) in [4.78, 5) is 12.4. The van der Waals surface area contributed by atoms with Crippen LogP contribution >= 0.6 is 15.9 Å². The Hall–Kier alpha value is -2.47. The molecule has 3 aromatic rings. The van der Waals surface area contributed by atoms with Crippen LogP contribution < -0.4 is 5.32 Å². The molecule has 2 aromatic carbocycles. The first-order valence-corrected chi connectivity index (χ1v) is 8.59. The average Bonchev–Trinajstić information content (AvgIpc) is 2.85. The molecule has 1 N–H and O–H groups in total. The van der Waals surface area contributed by atoms with E-state index in [9.17, 15) is 9.18 Å². The first kappa shape index (κ1) is 17.4. The van der Waals surface area contributed by atoms with Gasteiger partial charge in [0.1, 0.15) is 5.82 Å². The summed E-state index contributed by atoms with van der Waals surface area (Å²) in [6, 6.07) is 13.7. The van der Waals surface area contributed by atoms with E-state index in [1.165, 1.54) is 6.07 Å². The Bertz CT molecular complexity index is 919. The standard InChI is InChI=1S/C19H17BrFN3O/c1-12-18(22-19(25)14-7-9-16(20)10-8-14)13(2)24(23-12)11-15-5-3-4-6-17(15)21/h3-10H,11H2,1-2H3,(H,22,25). The van der Waals surface area contributed by atoms with Crippen molar-refractivity contribution in [2.75, 3.05) is 5.32 Å². The smallest absolute Gasteiger partial charge is 0.255 e. The molecule has 0 spiro atoms. The van der Waals surface area contributed by atoms with Crippen LogP contribution in [0.5, 0.6) is 0 Å². The van der Waals surface area contributed by atoms with Gasteiger partial charge in [-0.3, -0.25) is 9.48 Å². The number of nitrogens with zero attached hydrogens (tertiary/aromatic N) is 2. The number of anilines is 1. The number of aromatic nitrogens is 2. The molecule has 25 heavy (non-hydrogen) atoms. The normalized spacial score (nSPS) is 10.7. The van der Waals surface area contributed by atoms with E-state index in [2.05, 4.69) is 26.3 Å². The predicted octanol–water partition coefficient (Wildman–Crippen LogP) is 4.70. The molecule has 128 valence electrons. The molecule has 0 aliphatic heterocycles. The number of amides is 1. The second-order valence-electron chi connectivity index (χ2n) is 5.76.